The third kappa shape index (κ3) is 5.01. The van der Waals surface area contributed by atoms with Gasteiger partial charge in [-0.1, -0.05) is 6.07 Å². The molecule has 5 nitrogen and oxygen atoms in total. The van der Waals surface area contributed by atoms with Gasteiger partial charge in [0.2, 0.25) is 0 Å². The van der Waals surface area contributed by atoms with E-state index in [2.05, 4.69) is 16.4 Å². The maximum absolute atomic E-state index is 12.6. The molecule has 0 atom stereocenters. The van der Waals surface area contributed by atoms with E-state index in [4.69, 9.17) is 9.47 Å². The van der Waals surface area contributed by atoms with Gasteiger partial charge >= 0.3 is 0 Å². The minimum atomic E-state index is -0.249. The molecule has 2 aromatic carbocycles. The first kappa shape index (κ1) is 18.8. The summed E-state index contributed by atoms with van der Waals surface area (Å²) in [7, 11) is 3.10. The Kier molecular flexibility index (Phi) is 6.33. The molecular weight excluding hydrogens is 360 g/mol. The third-order valence-corrected chi connectivity index (χ3v) is 4.97. The van der Waals surface area contributed by atoms with Gasteiger partial charge in [0.25, 0.3) is 5.91 Å². The van der Waals surface area contributed by atoms with Gasteiger partial charge in [0.15, 0.2) is 0 Å². The second-order valence-electron chi connectivity index (χ2n) is 5.69. The molecule has 3 rings (SSSR count). The van der Waals surface area contributed by atoms with Crippen LogP contribution in [0, 0.1) is 0 Å². The Bertz CT molecular complexity index is 899. The molecule has 3 aromatic rings. The Morgan fingerprint density at radius 1 is 1.07 bits per heavy atom. The van der Waals surface area contributed by atoms with Gasteiger partial charge in [-0.05, 0) is 54.1 Å². The summed E-state index contributed by atoms with van der Waals surface area (Å²) in [6.45, 7) is 0. The summed E-state index contributed by atoms with van der Waals surface area (Å²) in [5.74, 6) is 1.70. The number of anilines is 1. The molecule has 0 aliphatic rings. The number of hydrogen-bond donors (Lipinski definition) is 1. The van der Waals surface area contributed by atoms with Crippen LogP contribution in [0.5, 0.6) is 11.5 Å². The fourth-order valence-corrected chi connectivity index (χ4v) is 3.31. The Balaban J connectivity index is 1.65. The Hall–Kier alpha value is -2.99. The molecule has 0 bridgehead atoms. The zero-order chi connectivity index (χ0) is 19.1. The molecule has 1 aromatic heterocycles. The quantitative estimate of drug-likeness (QED) is 0.605. The number of thioether (sulfide) groups is 1. The normalized spacial score (nSPS) is 10.3. The zero-order valence-corrected chi connectivity index (χ0v) is 16.0. The molecule has 0 fully saturated rings. The molecule has 1 N–H and O–H groups in total. The maximum atomic E-state index is 12.6. The molecule has 0 saturated heterocycles. The van der Waals surface area contributed by atoms with Gasteiger partial charge in [0.05, 0.1) is 19.8 Å². The van der Waals surface area contributed by atoms with Gasteiger partial charge in [-0.15, -0.1) is 11.8 Å². The molecule has 0 aliphatic carbocycles. The summed E-state index contributed by atoms with van der Waals surface area (Å²) in [6, 6.07) is 16.9. The minimum Gasteiger partial charge on any atom is -0.497 e. The minimum absolute atomic E-state index is 0.249. The molecular formula is C21H20N2O3S. The summed E-state index contributed by atoms with van der Waals surface area (Å²) in [6.07, 6.45) is 3.63. The van der Waals surface area contributed by atoms with Crippen molar-refractivity contribution in [1.29, 1.82) is 0 Å². The Morgan fingerprint density at radius 2 is 1.89 bits per heavy atom. The lowest BCUT2D eigenvalue weighted by Crippen LogP contribution is -2.13. The molecule has 27 heavy (non-hydrogen) atoms. The van der Waals surface area contributed by atoms with E-state index in [-0.39, 0.29) is 5.91 Å². The summed E-state index contributed by atoms with van der Waals surface area (Å²) >= 11 is 1.72. The van der Waals surface area contributed by atoms with E-state index >= 15 is 0 Å². The number of methoxy groups -OCH3 is 2. The van der Waals surface area contributed by atoms with Crippen molar-refractivity contribution in [2.45, 2.75) is 10.6 Å². The number of ether oxygens (including phenoxy) is 2. The smallest absolute Gasteiger partial charge is 0.259 e. The molecule has 1 heterocycles. The van der Waals surface area contributed by atoms with Crippen LogP contribution in [0.3, 0.4) is 0 Å². The maximum Gasteiger partial charge on any atom is 0.259 e. The van der Waals surface area contributed by atoms with E-state index in [1.165, 1.54) is 12.7 Å². The molecule has 0 spiro atoms. The first-order valence-electron chi connectivity index (χ1n) is 8.35. The third-order valence-electron chi connectivity index (χ3n) is 3.89. The topological polar surface area (TPSA) is 60.5 Å². The number of aromatic nitrogens is 1. The largest absolute Gasteiger partial charge is 0.497 e. The first-order chi connectivity index (χ1) is 13.2. The monoisotopic (exact) mass is 380 g/mol. The van der Waals surface area contributed by atoms with Crippen molar-refractivity contribution in [3.8, 4) is 11.5 Å². The number of benzene rings is 2. The van der Waals surface area contributed by atoms with Gasteiger partial charge in [0.1, 0.15) is 11.5 Å². The molecule has 0 aliphatic heterocycles. The highest BCUT2D eigenvalue weighted by atomic mass is 32.2. The van der Waals surface area contributed by atoms with Crippen LogP contribution < -0.4 is 14.8 Å². The van der Waals surface area contributed by atoms with Crippen molar-refractivity contribution in [2.75, 3.05) is 19.5 Å². The van der Waals surface area contributed by atoms with Crippen LogP contribution in [0.2, 0.25) is 0 Å². The van der Waals surface area contributed by atoms with Crippen molar-refractivity contribution in [3.05, 3.63) is 78.1 Å². The number of amides is 1. The second-order valence-corrected chi connectivity index (χ2v) is 6.74. The highest BCUT2D eigenvalue weighted by molar-refractivity contribution is 7.98. The SMILES string of the molecule is COc1ccc(OC)c(C(=O)Nc2ccc(SCc3cccnc3)cc2)c1. The molecule has 0 unspecified atom stereocenters. The van der Waals surface area contributed by atoms with Gasteiger partial charge in [-0.25, -0.2) is 0 Å². The molecule has 1 amide bonds. The highest BCUT2D eigenvalue weighted by Crippen LogP contribution is 2.26. The summed E-state index contributed by atoms with van der Waals surface area (Å²) < 4.78 is 10.5. The van der Waals surface area contributed by atoms with E-state index < -0.39 is 0 Å². The zero-order valence-electron chi connectivity index (χ0n) is 15.1. The van der Waals surface area contributed by atoms with E-state index in [0.717, 1.165) is 16.3 Å². The van der Waals surface area contributed by atoms with Gasteiger partial charge in [-0.2, -0.15) is 0 Å². The molecule has 138 valence electrons. The number of rotatable bonds is 7. The van der Waals surface area contributed by atoms with Gasteiger partial charge in [-0.3, -0.25) is 9.78 Å². The number of pyridine rings is 1. The highest BCUT2D eigenvalue weighted by Gasteiger charge is 2.14. The average molecular weight is 380 g/mol. The van der Waals surface area contributed by atoms with Crippen molar-refractivity contribution in [1.82, 2.24) is 4.98 Å². The van der Waals surface area contributed by atoms with Crippen molar-refractivity contribution < 1.29 is 14.3 Å². The fourth-order valence-electron chi connectivity index (χ4n) is 2.47. The van der Waals surface area contributed by atoms with Crippen molar-refractivity contribution >= 4 is 23.4 Å². The summed E-state index contributed by atoms with van der Waals surface area (Å²) in [5.41, 5.74) is 2.31. The first-order valence-corrected chi connectivity index (χ1v) is 9.33. The van der Waals surface area contributed by atoms with E-state index in [9.17, 15) is 4.79 Å². The van der Waals surface area contributed by atoms with E-state index in [1.54, 1.807) is 43.3 Å². The van der Waals surface area contributed by atoms with Crippen LogP contribution >= 0.6 is 11.8 Å². The molecule has 6 heteroatoms. The number of hydrogen-bond acceptors (Lipinski definition) is 5. The molecule has 0 radical (unpaired) electrons. The van der Waals surface area contributed by atoms with Crippen LogP contribution in [-0.4, -0.2) is 25.1 Å². The number of carbonyl (C=O) groups is 1. The van der Waals surface area contributed by atoms with E-state index in [0.29, 0.717) is 17.1 Å². The van der Waals surface area contributed by atoms with Crippen LogP contribution in [0.1, 0.15) is 15.9 Å². The standard InChI is InChI=1S/C21H20N2O3S/c1-25-17-7-10-20(26-2)19(12-17)21(24)23-16-5-8-18(9-6-16)27-14-15-4-3-11-22-13-15/h3-13H,14H2,1-2H3,(H,23,24). The number of carbonyl (C=O) groups excluding carboxylic acids is 1. The lowest BCUT2D eigenvalue weighted by molar-refractivity contribution is 0.102. The number of nitrogens with zero attached hydrogens (tertiary/aromatic N) is 1. The van der Waals surface area contributed by atoms with Crippen LogP contribution in [-0.2, 0) is 5.75 Å². The molecule has 0 saturated carbocycles. The lowest BCUT2D eigenvalue weighted by Gasteiger charge is -2.11. The van der Waals surface area contributed by atoms with Crippen molar-refractivity contribution in [3.63, 3.8) is 0 Å². The van der Waals surface area contributed by atoms with Crippen LogP contribution in [0.25, 0.3) is 0 Å². The Labute approximate surface area is 162 Å². The Morgan fingerprint density at radius 3 is 2.56 bits per heavy atom. The second kappa shape index (κ2) is 9.09. The van der Waals surface area contributed by atoms with Gasteiger partial charge < -0.3 is 14.8 Å². The summed E-state index contributed by atoms with van der Waals surface area (Å²) in [5, 5.41) is 2.89. The van der Waals surface area contributed by atoms with E-state index in [1.807, 2.05) is 36.5 Å². The van der Waals surface area contributed by atoms with Gasteiger partial charge in [0, 0.05) is 28.7 Å². The van der Waals surface area contributed by atoms with Crippen molar-refractivity contribution in [2.24, 2.45) is 0 Å². The summed E-state index contributed by atoms with van der Waals surface area (Å²) in [4.78, 5) is 17.8. The predicted octanol–water partition coefficient (Wildman–Crippen LogP) is 4.64. The number of nitrogens with one attached hydrogen (secondary N) is 1. The average Bonchev–Trinajstić information content (AvgIpc) is 2.73. The predicted molar refractivity (Wildman–Crippen MR) is 108 cm³/mol. The van der Waals surface area contributed by atoms with Crippen LogP contribution in [0.4, 0.5) is 5.69 Å². The lowest BCUT2D eigenvalue weighted by atomic mass is 10.1. The van der Waals surface area contributed by atoms with Crippen LogP contribution in [0.15, 0.2) is 71.9 Å². The fraction of sp³-hybridized carbons (Fsp3) is 0.143.